The first-order valence-electron chi connectivity index (χ1n) is 5.94. The molecule has 0 bridgehead atoms. The largest absolute Gasteiger partial charge is 0.507 e. The zero-order valence-corrected chi connectivity index (χ0v) is 12.6. The molecule has 0 aliphatic carbocycles. The van der Waals surface area contributed by atoms with E-state index in [9.17, 15) is 18.3 Å². The molecule has 0 spiro atoms. The number of allylic oxidation sites excluding steroid dienone is 1. The van der Waals surface area contributed by atoms with Crippen molar-refractivity contribution >= 4 is 22.1 Å². The molecule has 114 valence electrons. The Balaban J connectivity index is 3.15. The van der Waals surface area contributed by atoms with E-state index in [1.165, 1.54) is 31.5 Å². The van der Waals surface area contributed by atoms with Crippen LogP contribution in [-0.2, 0) is 14.8 Å². The summed E-state index contributed by atoms with van der Waals surface area (Å²) in [5, 5.41) is 9.65. The van der Waals surface area contributed by atoms with E-state index in [-0.39, 0.29) is 11.4 Å². The molecule has 0 aliphatic rings. The number of phenolic OH excluding ortho intramolecular Hbond substituents is 1. The molecule has 1 aromatic carbocycles. The summed E-state index contributed by atoms with van der Waals surface area (Å²) in [5.41, 5.74) is -0.0524. The number of carbonyl (C=O) groups is 1. The topological polar surface area (TPSA) is 105 Å². The van der Waals surface area contributed by atoms with Gasteiger partial charge in [-0.05, 0) is 26.0 Å². The zero-order chi connectivity index (χ0) is 16.0. The first kappa shape index (κ1) is 16.7. The maximum atomic E-state index is 12.1. The number of hydrogen-bond acceptors (Lipinski definition) is 6. The fourth-order valence-corrected chi connectivity index (χ4v) is 2.54. The van der Waals surface area contributed by atoms with Crippen LogP contribution in [-0.4, -0.2) is 32.8 Å². The van der Waals surface area contributed by atoms with E-state index in [1.54, 1.807) is 13.8 Å². The summed E-state index contributed by atoms with van der Waals surface area (Å²) in [6.45, 7) is 3.15. The van der Waals surface area contributed by atoms with Crippen molar-refractivity contribution in [3.05, 3.63) is 30.0 Å². The van der Waals surface area contributed by atoms with E-state index in [1.807, 2.05) is 4.72 Å². The number of rotatable bonds is 5. The Morgan fingerprint density at radius 1 is 1.38 bits per heavy atom. The zero-order valence-electron chi connectivity index (χ0n) is 11.8. The molecule has 0 fully saturated rings. The maximum absolute atomic E-state index is 12.1. The van der Waals surface area contributed by atoms with E-state index in [0.717, 1.165) is 6.07 Å². The molecule has 21 heavy (non-hydrogen) atoms. The highest BCUT2D eigenvalue weighted by molar-refractivity contribution is 7.90. The van der Waals surface area contributed by atoms with Crippen molar-refractivity contribution in [1.29, 1.82) is 0 Å². The summed E-state index contributed by atoms with van der Waals surface area (Å²) in [6, 6.07) is 3.68. The lowest BCUT2D eigenvalue weighted by molar-refractivity contribution is -0.115. The highest BCUT2D eigenvalue weighted by atomic mass is 32.2. The van der Waals surface area contributed by atoms with Gasteiger partial charge in [-0.3, -0.25) is 9.79 Å². The molecule has 0 atom stereocenters. The molecule has 0 radical (unpaired) electrons. The Kier molecular flexibility index (Phi) is 5.48. The molecular weight excluding hydrogens is 296 g/mol. The van der Waals surface area contributed by atoms with Crippen LogP contribution in [0.1, 0.15) is 13.8 Å². The maximum Gasteiger partial charge on any atom is 0.283 e. The Bertz CT molecular complexity index is 693. The van der Waals surface area contributed by atoms with Crippen molar-refractivity contribution in [1.82, 2.24) is 4.72 Å². The van der Waals surface area contributed by atoms with E-state index >= 15 is 0 Å². The summed E-state index contributed by atoms with van der Waals surface area (Å²) in [6.07, 6.45) is 2.74. The van der Waals surface area contributed by atoms with E-state index in [0.29, 0.717) is 0 Å². The second kappa shape index (κ2) is 6.89. The molecule has 0 aromatic heterocycles. The lowest BCUT2D eigenvalue weighted by Crippen LogP contribution is -2.31. The molecule has 0 aliphatic heterocycles. The van der Waals surface area contributed by atoms with Gasteiger partial charge in [-0.15, -0.1) is 0 Å². The van der Waals surface area contributed by atoms with Crippen LogP contribution in [0.2, 0.25) is 0 Å². The Labute approximate surface area is 123 Å². The van der Waals surface area contributed by atoms with Crippen LogP contribution in [0.25, 0.3) is 0 Å². The van der Waals surface area contributed by atoms with Gasteiger partial charge in [-0.2, -0.15) is 0 Å². The summed E-state index contributed by atoms with van der Waals surface area (Å²) < 4.78 is 31.0. The Morgan fingerprint density at radius 3 is 2.57 bits per heavy atom. The van der Waals surface area contributed by atoms with Gasteiger partial charge in [-0.25, -0.2) is 13.1 Å². The quantitative estimate of drug-likeness (QED) is 0.628. The number of sulfonamides is 1. The van der Waals surface area contributed by atoms with Crippen molar-refractivity contribution in [3.63, 3.8) is 0 Å². The van der Waals surface area contributed by atoms with Crippen molar-refractivity contribution in [2.45, 2.75) is 18.7 Å². The van der Waals surface area contributed by atoms with Gasteiger partial charge in [0.2, 0.25) is 0 Å². The minimum absolute atomic E-state index is 0.0524. The van der Waals surface area contributed by atoms with Crippen LogP contribution in [0.15, 0.2) is 39.9 Å². The highest BCUT2D eigenvalue weighted by Gasteiger charge is 2.23. The minimum atomic E-state index is -4.24. The third-order valence-electron chi connectivity index (χ3n) is 2.46. The number of amides is 1. The Hall–Kier alpha value is -2.35. The average Bonchev–Trinajstić information content (AvgIpc) is 2.44. The number of aliphatic imine (C=N–C) groups is 1. The van der Waals surface area contributed by atoms with Gasteiger partial charge < -0.3 is 9.84 Å². The van der Waals surface area contributed by atoms with Crippen LogP contribution < -0.4 is 9.46 Å². The molecule has 7 nitrogen and oxygen atoms in total. The van der Waals surface area contributed by atoms with Gasteiger partial charge >= 0.3 is 0 Å². The Morgan fingerprint density at radius 2 is 2.05 bits per heavy atom. The summed E-state index contributed by atoms with van der Waals surface area (Å²) in [7, 11) is -2.88. The molecular formula is C13H16N2O5S. The third kappa shape index (κ3) is 4.06. The lowest BCUT2D eigenvalue weighted by atomic mass is 10.3. The molecule has 1 rings (SSSR count). The molecule has 1 aromatic rings. The number of ether oxygens (including phenoxy) is 1. The standard InChI is InChI=1S/C13H16N2O5S/c1-4-10(14-5-2)13(17)15-21(18,19)12-8-9(20-3)6-7-11(12)16/h4-8,16H,1-3H3,(H,15,17)/b10-4-,14-5?. The van der Waals surface area contributed by atoms with Gasteiger partial charge in [0, 0.05) is 12.3 Å². The fraction of sp³-hybridized carbons (Fsp3) is 0.231. The van der Waals surface area contributed by atoms with Crippen LogP contribution in [0.3, 0.4) is 0 Å². The number of nitrogens with zero attached hydrogens (tertiary/aromatic N) is 1. The van der Waals surface area contributed by atoms with E-state index < -0.39 is 26.6 Å². The van der Waals surface area contributed by atoms with Crippen molar-refractivity contribution < 1.29 is 23.1 Å². The van der Waals surface area contributed by atoms with Crippen LogP contribution >= 0.6 is 0 Å². The molecule has 0 unspecified atom stereocenters. The first-order chi connectivity index (χ1) is 9.85. The number of benzene rings is 1. The van der Waals surface area contributed by atoms with Gasteiger partial charge in [0.1, 0.15) is 22.1 Å². The van der Waals surface area contributed by atoms with Gasteiger partial charge in [0.15, 0.2) is 0 Å². The number of carbonyl (C=O) groups excluding carboxylic acids is 1. The lowest BCUT2D eigenvalue weighted by Gasteiger charge is -2.10. The molecule has 0 saturated heterocycles. The van der Waals surface area contributed by atoms with Crippen LogP contribution in [0.4, 0.5) is 0 Å². The van der Waals surface area contributed by atoms with Crippen LogP contribution in [0, 0.1) is 0 Å². The summed E-state index contributed by atoms with van der Waals surface area (Å²) in [5.74, 6) is -1.14. The number of aromatic hydroxyl groups is 1. The second-order valence-corrected chi connectivity index (χ2v) is 5.48. The molecule has 0 heterocycles. The van der Waals surface area contributed by atoms with Crippen molar-refractivity contribution in [2.75, 3.05) is 7.11 Å². The van der Waals surface area contributed by atoms with Crippen LogP contribution in [0.5, 0.6) is 11.5 Å². The van der Waals surface area contributed by atoms with E-state index in [2.05, 4.69) is 4.99 Å². The monoisotopic (exact) mass is 312 g/mol. The van der Waals surface area contributed by atoms with Gasteiger partial charge in [0.05, 0.1) is 7.11 Å². The molecule has 0 saturated carbocycles. The molecule has 1 amide bonds. The SMILES string of the molecule is CC=N/C(=C\C)C(=O)NS(=O)(=O)c1cc(OC)ccc1O. The number of hydrogen-bond donors (Lipinski definition) is 2. The first-order valence-corrected chi connectivity index (χ1v) is 7.43. The van der Waals surface area contributed by atoms with Crippen molar-refractivity contribution in [2.24, 2.45) is 4.99 Å². The average molecular weight is 312 g/mol. The molecule has 8 heteroatoms. The minimum Gasteiger partial charge on any atom is -0.507 e. The van der Waals surface area contributed by atoms with Gasteiger partial charge in [0.25, 0.3) is 15.9 Å². The third-order valence-corrected chi connectivity index (χ3v) is 3.82. The van der Waals surface area contributed by atoms with Crippen molar-refractivity contribution in [3.8, 4) is 11.5 Å². The number of nitrogens with one attached hydrogen (secondary N) is 1. The fourth-order valence-electron chi connectivity index (χ4n) is 1.47. The van der Waals surface area contributed by atoms with Gasteiger partial charge in [-0.1, -0.05) is 6.08 Å². The number of methoxy groups -OCH3 is 1. The van der Waals surface area contributed by atoms with E-state index in [4.69, 9.17) is 4.74 Å². The predicted octanol–water partition coefficient (Wildman–Crippen LogP) is 1.20. The highest BCUT2D eigenvalue weighted by Crippen LogP contribution is 2.27. The predicted molar refractivity (Wildman–Crippen MR) is 77.9 cm³/mol. The summed E-state index contributed by atoms with van der Waals surface area (Å²) in [4.78, 5) is 15.1. The number of phenols is 1. The second-order valence-electron chi connectivity index (χ2n) is 3.83. The summed E-state index contributed by atoms with van der Waals surface area (Å²) >= 11 is 0. The smallest absolute Gasteiger partial charge is 0.283 e. The molecule has 2 N–H and O–H groups in total. The normalized spacial score (nSPS) is 12.4.